The smallest absolute Gasteiger partial charge is 0.277 e. The first kappa shape index (κ1) is 18.2. The van der Waals surface area contributed by atoms with E-state index in [9.17, 15) is 13.2 Å². The van der Waals surface area contributed by atoms with Crippen LogP contribution in [0.3, 0.4) is 0 Å². The predicted molar refractivity (Wildman–Crippen MR) is 90.5 cm³/mol. The highest BCUT2D eigenvalue weighted by Crippen LogP contribution is 2.24. The van der Waals surface area contributed by atoms with Crippen LogP contribution in [0.5, 0.6) is 0 Å². The number of carbonyl (C=O) groups is 1. The van der Waals surface area contributed by atoms with Crippen molar-refractivity contribution >= 4 is 21.6 Å². The number of carbonyl (C=O) groups excluding carboxylic acids is 1. The number of sulfonamides is 1. The van der Waals surface area contributed by atoms with Gasteiger partial charge in [-0.25, -0.2) is 8.42 Å². The fourth-order valence-corrected chi connectivity index (χ4v) is 4.04. The lowest BCUT2D eigenvalue weighted by atomic mass is 10.2. The molecule has 8 heteroatoms. The summed E-state index contributed by atoms with van der Waals surface area (Å²) in [6.07, 6.45) is 0. The third kappa shape index (κ3) is 3.65. The van der Waals surface area contributed by atoms with Crippen LogP contribution in [0.4, 0.5) is 5.69 Å². The Morgan fingerprint density at radius 1 is 1.21 bits per heavy atom. The summed E-state index contributed by atoms with van der Waals surface area (Å²) in [6.45, 7) is 7.75. The zero-order valence-electron chi connectivity index (χ0n) is 14.2. The number of nitrogens with zero attached hydrogens (tertiary/aromatic N) is 2. The summed E-state index contributed by atoms with van der Waals surface area (Å²) in [6, 6.07) is 6.30. The van der Waals surface area contributed by atoms with E-state index in [-0.39, 0.29) is 10.6 Å². The van der Waals surface area contributed by atoms with Crippen LogP contribution in [0.1, 0.15) is 35.7 Å². The van der Waals surface area contributed by atoms with Gasteiger partial charge < -0.3 is 9.84 Å². The molecule has 0 saturated carbocycles. The Bertz CT molecular complexity index is 839. The number of nitrogens with one attached hydrogen (secondary N) is 1. The van der Waals surface area contributed by atoms with E-state index in [1.54, 1.807) is 39.8 Å². The van der Waals surface area contributed by atoms with E-state index in [1.807, 2.05) is 0 Å². The molecule has 1 N–H and O–H groups in total. The topological polar surface area (TPSA) is 92.5 Å². The van der Waals surface area contributed by atoms with Crippen LogP contribution in [0, 0.1) is 13.8 Å². The maximum Gasteiger partial charge on any atom is 0.277 e. The van der Waals surface area contributed by atoms with Crippen LogP contribution >= 0.6 is 0 Å². The minimum atomic E-state index is -3.60. The molecule has 7 nitrogen and oxygen atoms in total. The lowest BCUT2D eigenvalue weighted by molar-refractivity contribution is 0.101. The molecular weight excluding hydrogens is 330 g/mol. The number of anilines is 1. The number of hydrogen-bond donors (Lipinski definition) is 1. The molecule has 0 aliphatic rings. The van der Waals surface area contributed by atoms with Crippen LogP contribution in [0.15, 0.2) is 33.7 Å². The highest BCUT2D eigenvalue weighted by molar-refractivity contribution is 7.89. The Balaban J connectivity index is 2.33. The van der Waals surface area contributed by atoms with Gasteiger partial charge in [0, 0.05) is 24.8 Å². The van der Waals surface area contributed by atoms with Gasteiger partial charge in [0.2, 0.25) is 10.0 Å². The Labute approximate surface area is 141 Å². The summed E-state index contributed by atoms with van der Waals surface area (Å²) < 4.78 is 31.7. The van der Waals surface area contributed by atoms with Crippen molar-refractivity contribution in [2.75, 3.05) is 18.4 Å². The highest BCUT2D eigenvalue weighted by Gasteiger charge is 2.24. The summed E-state index contributed by atoms with van der Waals surface area (Å²) in [5.74, 6) is 0.0655. The fourth-order valence-electron chi connectivity index (χ4n) is 2.33. The molecule has 0 fully saturated rings. The fraction of sp³-hybridized carbons (Fsp3) is 0.375. The first-order chi connectivity index (χ1) is 11.3. The second-order valence-corrected chi connectivity index (χ2v) is 7.25. The largest absolute Gasteiger partial charge is 0.361 e. The molecule has 24 heavy (non-hydrogen) atoms. The van der Waals surface area contributed by atoms with E-state index in [4.69, 9.17) is 4.52 Å². The number of rotatable bonds is 6. The molecule has 2 rings (SSSR count). The van der Waals surface area contributed by atoms with Gasteiger partial charge in [0.05, 0.1) is 4.90 Å². The summed E-state index contributed by atoms with van der Waals surface area (Å²) in [5.41, 5.74) is 1.15. The van der Waals surface area contributed by atoms with E-state index < -0.39 is 15.9 Å². The van der Waals surface area contributed by atoms with Gasteiger partial charge in [-0.2, -0.15) is 4.31 Å². The standard InChI is InChI=1S/C16H21N3O4S/c1-5-19(6-2)24(21,22)15-10-13(8-7-11(15)3)17-16(20)14-9-12(4)23-18-14/h7-10H,5-6H2,1-4H3,(H,17,20). The van der Waals surface area contributed by atoms with Crippen LogP contribution in [0.25, 0.3) is 0 Å². The third-order valence-corrected chi connectivity index (χ3v) is 5.82. The minimum Gasteiger partial charge on any atom is -0.361 e. The summed E-state index contributed by atoms with van der Waals surface area (Å²) >= 11 is 0. The van der Waals surface area contributed by atoms with Gasteiger partial charge in [-0.15, -0.1) is 0 Å². The van der Waals surface area contributed by atoms with Crippen molar-refractivity contribution in [2.24, 2.45) is 0 Å². The Morgan fingerprint density at radius 2 is 1.88 bits per heavy atom. The van der Waals surface area contributed by atoms with Crippen molar-refractivity contribution in [3.8, 4) is 0 Å². The normalized spacial score (nSPS) is 11.7. The van der Waals surface area contributed by atoms with Crippen molar-refractivity contribution in [1.29, 1.82) is 0 Å². The van der Waals surface area contributed by atoms with Gasteiger partial charge >= 0.3 is 0 Å². The maximum absolute atomic E-state index is 12.7. The van der Waals surface area contributed by atoms with Gasteiger partial charge in [0.15, 0.2) is 5.69 Å². The molecule has 0 aliphatic heterocycles. The van der Waals surface area contributed by atoms with E-state index in [0.717, 1.165) is 0 Å². The Kier molecular flexibility index (Phi) is 5.40. The highest BCUT2D eigenvalue weighted by atomic mass is 32.2. The molecule has 0 aliphatic carbocycles. The molecule has 2 aromatic rings. The van der Waals surface area contributed by atoms with Crippen molar-refractivity contribution in [1.82, 2.24) is 9.46 Å². The molecule has 0 atom stereocenters. The van der Waals surface area contributed by atoms with Crippen molar-refractivity contribution in [3.63, 3.8) is 0 Å². The van der Waals surface area contributed by atoms with E-state index in [0.29, 0.717) is 30.1 Å². The lowest BCUT2D eigenvalue weighted by Gasteiger charge is -2.20. The molecule has 1 heterocycles. The van der Waals surface area contributed by atoms with Crippen molar-refractivity contribution in [2.45, 2.75) is 32.6 Å². The lowest BCUT2D eigenvalue weighted by Crippen LogP contribution is -2.31. The molecule has 0 spiro atoms. The maximum atomic E-state index is 12.7. The molecule has 0 bridgehead atoms. The predicted octanol–water partition coefficient (Wildman–Crippen LogP) is 2.57. The van der Waals surface area contributed by atoms with E-state index in [1.165, 1.54) is 16.4 Å². The van der Waals surface area contributed by atoms with Crippen LogP contribution in [-0.4, -0.2) is 36.9 Å². The van der Waals surface area contributed by atoms with Crippen LogP contribution < -0.4 is 5.32 Å². The number of aromatic nitrogens is 1. The quantitative estimate of drug-likeness (QED) is 0.863. The SMILES string of the molecule is CCN(CC)S(=O)(=O)c1cc(NC(=O)c2cc(C)on2)ccc1C. The monoisotopic (exact) mass is 351 g/mol. The Morgan fingerprint density at radius 3 is 2.42 bits per heavy atom. The van der Waals surface area contributed by atoms with Crippen molar-refractivity contribution in [3.05, 3.63) is 41.3 Å². The van der Waals surface area contributed by atoms with Gasteiger partial charge in [0.1, 0.15) is 5.76 Å². The van der Waals surface area contributed by atoms with E-state index >= 15 is 0 Å². The number of hydrogen-bond acceptors (Lipinski definition) is 5. The van der Waals surface area contributed by atoms with E-state index in [2.05, 4.69) is 10.5 Å². The molecule has 0 radical (unpaired) electrons. The zero-order chi connectivity index (χ0) is 17.9. The summed E-state index contributed by atoms with van der Waals surface area (Å²) in [7, 11) is -3.60. The molecule has 0 saturated heterocycles. The van der Waals surface area contributed by atoms with Crippen LogP contribution in [-0.2, 0) is 10.0 Å². The number of amides is 1. The average Bonchev–Trinajstić information content (AvgIpc) is 2.96. The van der Waals surface area contributed by atoms with Gasteiger partial charge in [-0.1, -0.05) is 25.1 Å². The first-order valence-electron chi connectivity index (χ1n) is 7.65. The van der Waals surface area contributed by atoms with Gasteiger partial charge in [-0.3, -0.25) is 4.79 Å². The molecule has 1 aromatic heterocycles. The number of aryl methyl sites for hydroxylation is 2. The molecule has 1 amide bonds. The minimum absolute atomic E-state index is 0.140. The molecule has 130 valence electrons. The number of benzene rings is 1. The summed E-state index contributed by atoms with van der Waals surface area (Å²) in [4.78, 5) is 12.3. The van der Waals surface area contributed by atoms with Gasteiger partial charge in [-0.05, 0) is 31.5 Å². The Hall–Kier alpha value is -2.19. The molecular formula is C16H21N3O4S. The second-order valence-electron chi connectivity index (χ2n) is 5.35. The zero-order valence-corrected chi connectivity index (χ0v) is 15.0. The second kappa shape index (κ2) is 7.14. The third-order valence-electron chi connectivity index (χ3n) is 3.63. The average molecular weight is 351 g/mol. The van der Waals surface area contributed by atoms with Crippen LogP contribution in [0.2, 0.25) is 0 Å². The summed E-state index contributed by atoms with van der Waals surface area (Å²) in [5, 5.41) is 6.28. The molecule has 0 unspecified atom stereocenters. The first-order valence-corrected chi connectivity index (χ1v) is 9.09. The van der Waals surface area contributed by atoms with Gasteiger partial charge in [0.25, 0.3) is 5.91 Å². The molecule has 1 aromatic carbocycles. The van der Waals surface area contributed by atoms with Crippen molar-refractivity contribution < 1.29 is 17.7 Å².